The van der Waals surface area contributed by atoms with Gasteiger partial charge in [-0.2, -0.15) is 17.6 Å². The van der Waals surface area contributed by atoms with E-state index in [4.69, 9.17) is 0 Å². The topological polar surface area (TPSA) is 0 Å². The van der Waals surface area contributed by atoms with E-state index in [2.05, 4.69) is 15.9 Å². The van der Waals surface area contributed by atoms with Crippen LogP contribution in [0.2, 0.25) is 0 Å². The van der Waals surface area contributed by atoms with E-state index in [1.54, 1.807) is 0 Å². The fourth-order valence-corrected chi connectivity index (χ4v) is 1.81. The molecule has 0 saturated carbocycles. The van der Waals surface area contributed by atoms with Crippen molar-refractivity contribution in [3.8, 4) is 0 Å². The van der Waals surface area contributed by atoms with Crippen molar-refractivity contribution in [1.29, 1.82) is 0 Å². The highest BCUT2D eigenvalue weighted by molar-refractivity contribution is 9.10. The van der Waals surface area contributed by atoms with Gasteiger partial charge in [-0.1, -0.05) is 28.1 Å². The molecule has 0 fully saturated rings. The highest BCUT2D eigenvalue weighted by atomic mass is 79.9. The van der Waals surface area contributed by atoms with Gasteiger partial charge in [0.25, 0.3) is 0 Å². The predicted octanol–water partition coefficient (Wildman–Crippen LogP) is 4.20. The van der Waals surface area contributed by atoms with Gasteiger partial charge in [0.1, 0.15) is 0 Å². The average molecular weight is 281 g/mol. The minimum atomic E-state index is -4.14. The zero-order valence-corrected chi connectivity index (χ0v) is 8.86. The standard InChI is InChI=1S/C10H5BrF4/c11-7-1-2-8-6(5-7)3-4-9(12,13)10(8,14)15/h1-5H. The van der Waals surface area contributed by atoms with Gasteiger partial charge >= 0.3 is 11.8 Å². The first-order chi connectivity index (χ1) is 6.84. The number of allylic oxidation sites excluding steroid dienone is 1. The molecule has 15 heavy (non-hydrogen) atoms. The maximum absolute atomic E-state index is 13.3. The Labute approximate surface area is 91.7 Å². The molecule has 0 spiro atoms. The van der Waals surface area contributed by atoms with Crippen molar-refractivity contribution >= 4 is 22.0 Å². The lowest BCUT2D eigenvalue weighted by Crippen LogP contribution is -2.38. The third-order valence-corrected chi connectivity index (χ3v) is 2.74. The number of rotatable bonds is 0. The lowest BCUT2D eigenvalue weighted by atomic mass is 9.91. The van der Waals surface area contributed by atoms with E-state index in [9.17, 15) is 17.6 Å². The Morgan fingerprint density at radius 1 is 1.07 bits per heavy atom. The summed E-state index contributed by atoms with van der Waals surface area (Å²) in [6, 6.07) is 3.72. The first-order valence-electron chi connectivity index (χ1n) is 4.09. The SMILES string of the molecule is FC1(F)C=Cc2cc(Br)ccc2C1(F)F. The van der Waals surface area contributed by atoms with E-state index in [1.807, 2.05) is 0 Å². The molecule has 5 heteroatoms. The van der Waals surface area contributed by atoms with Crippen LogP contribution in [0.4, 0.5) is 17.6 Å². The van der Waals surface area contributed by atoms with Gasteiger partial charge in [0.2, 0.25) is 0 Å². The molecule has 0 saturated heterocycles. The van der Waals surface area contributed by atoms with E-state index in [0.717, 1.165) is 12.1 Å². The average Bonchev–Trinajstić information content (AvgIpc) is 2.12. The quantitative estimate of drug-likeness (QED) is 0.625. The second-order valence-electron chi connectivity index (χ2n) is 3.26. The summed E-state index contributed by atoms with van der Waals surface area (Å²) in [6.45, 7) is 0. The molecule has 0 heterocycles. The van der Waals surface area contributed by atoms with Crippen molar-refractivity contribution in [2.45, 2.75) is 11.8 Å². The molecule has 2 rings (SSSR count). The monoisotopic (exact) mass is 280 g/mol. The van der Waals surface area contributed by atoms with Crippen LogP contribution in [0.3, 0.4) is 0 Å². The molecular weight excluding hydrogens is 276 g/mol. The minimum Gasteiger partial charge on any atom is -0.195 e. The summed E-state index contributed by atoms with van der Waals surface area (Å²) >= 11 is 3.09. The van der Waals surface area contributed by atoms with Gasteiger partial charge in [-0.15, -0.1) is 0 Å². The molecule has 0 nitrogen and oxygen atoms in total. The Morgan fingerprint density at radius 3 is 2.40 bits per heavy atom. The summed E-state index contributed by atoms with van der Waals surface area (Å²) in [6.07, 6.45) is 1.25. The van der Waals surface area contributed by atoms with Crippen LogP contribution in [0.15, 0.2) is 28.7 Å². The Balaban J connectivity index is 2.66. The van der Waals surface area contributed by atoms with E-state index in [0.29, 0.717) is 4.47 Å². The molecule has 0 N–H and O–H groups in total. The lowest BCUT2D eigenvalue weighted by molar-refractivity contribution is -0.187. The van der Waals surface area contributed by atoms with Gasteiger partial charge in [0, 0.05) is 10.0 Å². The third-order valence-electron chi connectivity index (χ3n) is 2.24. The molecule has 0 radical (unpaired) electrons. The van der Waals surface area contributed by atoms with Gasteiger partial charge in [-0.05, 0) is 23.8 Å². The molecule has 1 aliphatic rings. The van der Waals surface area contributed by atoms with Crippen molar-refractivity contribution in [3.05, 3.63) is 39.9 Å². The zero-order valence-electron chi connectivity index (χ0n) is 7.28. The number of fused-ring (bicyclic) bond motifs is 1. The smallest absolute Gasteiger partial charge is 0.195 e. The molecular formula is C10H5BrF4. The van der Waals surface area contributed by atoms with Crippen LogP contribution in [0.5, 0.6) is 0 Å². The normalized spacial score (nSPS) is 21.1. The molecule has 0 bridgehead atoms. The van der Waals surface area contributed by atoms with Crippen LogP contribution in [-0.4, -0.2) is 5.92 Å². The lowest BCUT2D eigenvalue weighted by Gasteiger charge is -2.28. The Morgan fingerprint density at radius 2 is 1.73 bits per heavy atom. The molecule has 80 valence electrons. The third kappa shape index (κ3) is 1.49. The van der Waals surface area contributed by atoms with Gasteiger partial charge in [-0.25, -0.2) is 0 Å². The Kier molecular flexibility index (Phi) is 2.19. The number of benzene rings is 1. The first-order valence-corrected chi connectivity index (χ1v) is 4.89. The summed E-state index contributed by atoms with van der Waals surface area (Å²) in [5.74, 6) is -8.26. The highest BCUT2D eigenvalue weighted by Crippen LogP contribution is 2.48. The van der Waals surface area contributed by atoms with Crippen LogP contribution in [0, 0.1) is 0 Å². The summed E-state index contributed by atoms with van der Waals surface area (Å²) in [4.78, 5) is 0. The first kappa shape index (κ1) is 10.7. The summed E-state index contributed by atoms with van der Waals surface area (Å²) < 4.78 is 53.0. The second kappa shape index (κ2) is 3.07. The Bertz CT molecular complexity index is 437. The zero-order chi connectivity index (χ0) is 11.3. The van der Waals surface area contributed by atoms with Crippen LogP contribution >= 0.6 is 15.9 Å². The molecule has 1 aromatic rings. The maximum Gasteiger partial charge on any atom is 0.339 e. The molecule has 1 aliphatic carbocycles. The highest BCUT2D eigenvalue weighted by Gasteiger charge is 2.57. The van der Waals surface area contributed by atoms with Crippen molar-refractivity contribution < 1.29 is 17.6 Å². The van der Waals surface area contributed by atoms with Crippen LogP contribution in [0.1, 0.15) is 11.1 Å². The summed E-state index contributed by atoms with van der Waals surface area (Å²) in [5.41, 5.74) is -0.529. The van der Waals surface area contributed by atoms with E-state index in [-0.39, 0.29) is 11.6 Å². The van der Waals surface area contributed by atoms with Crippen LogP contribution < -0.4 is 0 Å². The molecule has 0 unspecified atom stereocenters. The molecule has 0 aromatic heterocycles. The van der Waals surface area contributed by atoms with Crippen LogP contribution in [0.25, 0.3) is 6.08 Å². The van der Waals surface area contributed by atoms with Crippen molar-refractivity contribution in [2.24, 2.45) is 0 Å². The number of alkyl halides is 4. The van der Waals surface area contributed by atoms with Crippen molar-refractivity contribution in [1.82, 2.24) is 0 Å². The van der Waals surface area contributed by atoms with E-state index < -0.39 is 17.4 Å². The molecule has 1 aromatic carbocycles. The number of hydrogen-bond donors (Lipinski definition) is 0. The second-order valence-corrected chi connectivity index (χ2v) is 4.18. The fourth-order valence-electron chi connectivity index (χ4n) is 1.44. The van der Waals surface area contributed by atoms with Gasteiger partial charge in [0.15, 0.2) is 0 Å². The van der Waals surface area contributed by atoms with Gasteiger partial charge < -0.3 is 0 Å². The van der Waals surface area contributed by atoms with Gasteiger partial charge in [0.05, 0.1) is 0 Å². The van der Waals surface area contributed by atoms with E-state index >= 15 is 0 Å². The Hall–Kier alpha value is -0.840. The number of hydrogen-bond acceptors (Lipinski definition) is 0. The summed E-state index contributed by atoms with van der Waals surface area (Å²) in [5, 5.41) is 0. The summed E-state index contributed by atoms with van der Waals surface area (Å²) in [7, 11) is 0. The van der Waals surface area contributed by atoms with Gasteiger partial charge in [-0.3, -0.25) is 0 Å². The molecule has 0 amide bonds. The fraction of sp³-hybridized carbons (Fsp3) is 0.200. The largest absolute Gasteiger partial charge is 0.339 e. The van der Waals surface area contributed by atoms with Crippen molar-refractivity contribution in [3.63, 3.8) is 0 Å². The molecule has 0 aliphatic heterocycles. The predicted molar refractivity (Wildman–Crippen MR) is 52.0 cm³/mol. The van der Waals surface area contributed by atoms with E-state index in [1.165, 1.54) is 12.1 Å². The van der Waals surface area contributed by atoms with Crippen LogP contribution in [-0.2, 0) is 5.92 Å². The number of halogens is 5. The minimum absolute atomic E-state index is 0.111. The molecule has 0 atom stereocenters. The maximum atomic E-state index is 13.3. The van der Waals surface area contributed by atoms with Crippen molar-refractivity contribution in [2.75, 3.05) is 0 Å².